The summed E-state index contributed by atoms with van der Waals surface area (Å²) >= 11 is 0. The van der Waals surface area contributed by atoms with E-state index in [1.807, 2.05) is 9.80 Å². The smallest absolute Gasteiger partial charge is 0.224 e. The third-order valence-electron chi connectivity index (χ3n) is 6.37. The van der Waals surface area contributed by atoms with E-state index in [4.69, 9.17) is 9.47 Å². The molecule has 1 atom stereocenters. The highest BCUT2D eigenvalue weighted by Crippen LogP contribution is 2.21. The summed E-state index contributed by atoms with van der Waals surface area (Å²) in [6, 6.07) is 0. The summed E-state index contributed by atoms with van der Waals surface area (Å²) in [5.41, 5.74) is 0. The van der Waals surface area contributed by atoms with E-state index in [1.54, 1.807) is 7.11 Å². The molecule has 0 aromatic heterocycles. The minimum Gasteiger partial charge on any atom is -0.383 e. The van der Waals surface area contributed by atoms with Crippen molar-refractivity contribution in [2.75, 3.05) is 66.1 Å². The van der Waals surface area contributed by atoms with Gasteiger partial charge in [-0.05, 0) is 51.1 Å². The van der Waals surface area contributed by atoms with Crippen molar-refractivity contribution in [2.45, 2.75) is 51.0 Å². The van der Waals surface area contributed by atoms with Crippen LogP contribution in [-0.2, 0) is 19.1 Å². The fourth-order valence-corrected chi connectivity index (χ4v) is 4.57. The molecular weight excluding hydrogens is 358 g/mol. The van der Waals surface area contributed by atoms with Crippen molar-refractivity contribution in [1.29, 1.82) is 0 Å². The van der Waals surface area contributed by atoms with E-state index < -0.39 is 0 Å². The Morgan fingerprint density at radius 1 is 1.14 bits per heavy atom. The highest BCUT2D eigenvalue weighted by Gasteiger charge is 2.28. The van der Waals surface area contributed by atoms with Crippen LogP contribution in [0.1, 0.15) is 44.9 Å². The lowest BCUT2D eigenvalue weighted by atomic mass is 9.95. The van der Waals surface area contributed by atoms with E-state index in [2.05, 4.69) is 4.90 Å². The van der Waals surface area contributed by atoms with Crippen LogP contribution in [0.4, 0.5) is 0 Å². The maximum absolute atomic E-state index is 13.0. The van der Waals surface area contributed by atoms with Crippen LogP contribution in [0.5, 0.6) is 0 Å². The van der Waals surface area contributed by atoms with Crippen LogP contribution in [0.3, 0.4) is 0 Å². The molecule has 1 unspecified atom stereocenters. The second kappa shape index (κ2) is 11.1. The zero-order valence-corrected chi connectivity index (χ0v) is 17.4. The van der Waals surface area contributed by atoms with Gasteiger partial charge in [0.15, 0.2) is 0 Å². The lowest BCUT2D eigenvalue weighted by Crippen LogP contribution is -2.44. The lowest BCUT2D eigenvalue weighted by molar-refractivity contribution is -0.135. The van der Waals surface area contributed by atoms with Crippen LogP contribution in [-0.4, -0.2) is 98.8 Å². The molecule has 0 aliphatic carbocycles. The third-order valence-corrected chi connectivity index (χ3v) is 6.37. The number of nitrogens with zero attached hydrogens (tertiary/aromatic N) is 3. The Hall–Kier alpha value is -1.18. The van der Waals surface area contributed by atoms with Crippen molar-refractivity contribution in [1.82, 2.24) is 14.7 Å². The Bertz CT molecular complexity index is 502. The molecule has 0 aromatic rings. The predicted octanol–water partition coefficient (Wildman–Crippen LogP) is 1.36. The molecule has 0 saturated carbocycles. The molecule has 7 nitrogen and oxygen atoms in total. The first-order valence-corrected chi connectivity index (χ1v) is 11.0. The van der Waals surface area contributed by atoms with Gasteiger partial charge < -0.3 is 24.2 Å². The SMILES string of the molecule is COCCN1CCC(CN(CC2CCCO2)C(=O)CCN2CCCC2=O)CC1. The van der Waals surface area contributed by atoms with Crippen molar-refractivity contribution in [3.8, 4) is 0 Å². The van der Waals surface area contributed by atoms with Gasteiger partial charge in [0.05, 0.1) is 12.7 Å². The molecule has 0 bridgehead atoms. The number of hydrogen-bond donors (Lipinski definition) is 0. The molecule has 3 fully saturated rings. The third kappa shape index (κ3) is 6.42. The summed E-state index contributed by atoms with van der Waals surface area (Å²) in [4.78, 5) is 31.1. The molecule has 3 aliphatic rings. The van der Waals surface area contributed by atoms with Gasteiger partial charge in [-0.3, -0.25) is 9.59 Å². The largest absolute Gasteiger partial charge is 0.383 e. The highest BCUT2D eigenvalue weighted by molar-refractivity contribution is 5.80. The number of rotatable bonds is 10. The van der Waals surface area contributed by atoms with Crippen molar-refractivity contribution < 1.29 is 19.1 Å². The molecule has 28 heavy (non-hydrogen) atoms. The second-order valence-electron chi connectivity index (χ2n) is 8.45. The normalized spacial score (nSPS) is 24.2. The molecule has 0 N–H and O–H groups in total. The van der Waals surface area contributed by atoms with Crippen molar-refractivity contribution >= 4 is 11.8 Å². The lowest BCUT2D eigenvalue weighted by Gasteiger charge is -2.35. The quantitative estimate of drug-likeness (QED) is 0.559. The number of hydrogen-bond acceptors (Lipinski definition) is 5. The Balaban J connectivity index is 1.48. The molecule has 3 aliphatic heterocycles. The summed E-state index contributed by atoms with van der Waals surface area (Å²) in [7, 11) is 1.75. The van der Waals surface area contributed by atoms with Crippen molar-refractivity contribution in [2.24, 2.45) is 5.92 Å². The second-order valence-corrected chi connectivity index (χ2v) is 8.45. The molecule has 3 rings (SSSR count). The first-order valence-electron chi connectivity index (χ1n) is 11.0. The molecule has 0 aromatic carbocycles. The Labute approximate surface area is 169 Å². The first kappa shape index (κ1) is 21.5. The Morgan fingerprint density at radius 2 is 1.96 bits per heavy atom. The zero-order valence-electron chi connectivity index (χ0n) is 17.4. The molecular formula is C21H37N3O4. The van der Waals surface area contributed by atoms with Gasteiger partial charge in [-0.15, -0.1) is 0 Å². The van der Waals surface area contributed by atoms with E-state index in [9.17, 15) is 9.59 Å². The number of amides is 2. The van der Waals surface area contributed by atoms with Crippen molar-refractivity contribution in [3.63, 3.8) is 0 Å². The standard InChI is InChI=1S/C21H37N3O4/c1-27-15-13-22-10-6-18(7-11-22)16-24(17-19-4-3-14-28-19)21(26)8-12-23-9-2-5-20(23)25/h18-19H,2-17H2,1H3. The molecule has 0 spiro atoms. The summed E-state index contributed by atoms with van der Waals surface area (Å²) in [6.07, 6.45) is 6.57. The predicted molar refractivity (Wildman–Crippen MR) is 107 cm³/mol. The number of piperidine rings is 1. The highest BCUT2D eigenvalue weighted by atomic mass is 16.5. The average molecular weight is 396 g/mol. The summed E-state index contributed by atoms with van der Waals surface area (Å²) in [5.74, 6) is 0.927. The molecule has 2 amide bonds. The van der Waals surface area contributed by atoms with Crippen LogP contribution >= 0.6 is 0 Å². The molecule has 3 heterocycles. The van der Waals surface area contributed by atoms with Crippen LogP contribution in [0.2, 0.25) is 0 Å². The van der Waals surface area contributed by atoms with Crippen LogP contribution in [0, 0.1) is 5.92 Å². The topological polar surface area (TPSA) is 62.3 Å². The van der Waals surface area contributed by atoms with Gasteiger partial charge in [-0.25, -0.2) is 0 Å². The Morgan fingerprint density at radius 3 is 2.61 bits per heavy atom. The average Bonchev–Trinajstić information content (AvgIpc) is 3.36. The minimum absolute atomic E-state index is 0.178. The number of ether oxygens (including phenoxy) is 2. The summed E-state index contributed by atoms with van der Waals surface area (Å²) in [5, 5.41) is 0. The van der Waals surface area contributed by atoms with Gasteiger partial charge in [0, 0.05) is 59.3 Å². The van der Waals surface area contributed by atoms with Gasteiger partial charge in [0.2, 0.25) is 11.8 Å². The Kier molecular flexibility index (Phi) is 8.55. The fourth-order valence-electron chi connectivity index (χ4n) is 4.57. The van der Waals surface area contributed by atoms with Gasteiger partial charge in [-0.2, -0.15) is 0 Å². The van der Waals surface area contributed by atoms with E-state index in [0.29, 0.717) is 31.8 Å². The zero-order chi connectivity index (χ0) is 19.8. The van der Waals surface area contributed by atoms with Gasteiger partial charge in [0.1, 0.15) is 0 Å². The number of likely N-dealkylation sites (tertiary alicyclic amines) is 2. The minimum atomic E-state index is 0.178. The molecule has 0 radical (unpaired) electrons. The van der Waals surface area contributed by atoms with E-state index in [-0.39, 0.29) is 17.9 Å². The van der Waals surface area contributed by atoms with Crippen LogP contribution in [0.25, 0.3) is 0 Å². The van der Waals surface area contributed by atoms with Crippen LogP contribution < -0.4 is 0 Å². The van der Waals surface area contributed by atoms with Gasteiger partial charge in [-0.1, -0.05) is 0 Å². The summed E-state index contributed by atoms with van der Waals surface area (Å²) < 4.78 is 11.0. The summed E-state index contributed by atoms with van der Waals surface area (Å²) in [6.45, 7) is 7.65. The molecule has 7 heteroatoms. The number of carbonyl (C=O) groups is 2. The maximum atomic E-state index is 13.0. The maximum Gasteiger partial charge on any atom is 0.224 e. The van der Waals surface area contributed by atoms with E-state index in [1.165, 1.54) is 0 Å². The first-order chi connectivity index (χ1) is 13.7. The number of carbonyl (C=O) groups excluding carboxylic acids is 2. The molecule has 3 saturated heterocycles. The van der Waals surface area contributed by atoms with Gasteiger partial charge in [0.25, 0.3) is 0 Å². The van der Waals surface area contributed by atoms with E-state index in [0.717, 1.165) is 78.0 Å². The fraction of sp³-hybridized carbons (Fsp3) is 0.905. The van der Waals surface area contributed by atoms with Gasteiger partial charge >= 0.3 is 0 Å². The van der Waals surface area contributed by atoms with Crippen LogP contribution in [0.15, 0.2) is 0 Å². The number of methoxy groups -OCH3 is 1. The van der Waals surface area contributed by atoms with E-state index >= 15 is 0 Å². The van der Waals surface area contributed by atoms with Crippen molar-refractivity contribution in [3.05, 3.63) is 0 Å². The molecule has 160 valence electrons. The monoisotopic (exact) mass is 395 g/mol.